The summed E-state index contributed by atoms with van der Waals surface area (Å²) < 4.78 is 27.0. The Hall–Kier alpha value is -1.93. The summed E-state index contributed by atoms with van der Waals surface area (Å²) in [5.41, 5.74) is 0.939. The number of likely N-dealkylation sites (tertiary alicyclic amines) is 1. The van der Waals surface area contributed by atoms with Gasteiger partial charge in [-0.05, 0) is 38.8 Å². The van der Waals surface area contributed by atoms with E-state index in [2.05, 4.69) is 4.72 Å². The predicted octanol–water partition coefficient (Wildman–Crippen LogP) is -0.350. The van der Waals surface area contributed by atoms with Crippen LogP contribution in [0.5, 0.6) is 0 Å². The zero-order valence-corrected chi connectivity index (χ0v) is 14.5. The van der Waals surface area contributed by atoms with Crippen LogP contribution < -0.4 is 9.83 Å². The summed E-state index contributed by atoms with van der Waals surface area (Å²) in [5, 5.41) is 10.8. The molecule has 1 fully saturated rings. The van der Waals surface area contributed by atoms with E-state index in [1.54, 1.807) is 12.1 Å². The first-order valence-corrected chi connectivity index (χ1v) is 9.27. The number of benzene rings is 1. The van der Waals surface area contributed by atoms with E-state index < -0.39 is 28.0 Å². The summed E-state index contributed by atoms with van der Waals surface area (Å²) in [6, 6.07) is 5.42. The molecule has 24 heavy (non-hydrogen) atoms. The first-order chi connectivity index (χ1) is 11.2. The fourth-order valence-electron chi connectivity index (χ4n) is 2.68. The van der Waals surface area contributed by atoms with Crippen LogP contribution in [-0.4, -0.2) is 44.3 Å². The molecule has 1 N–H and O–H groups in total. The molecule has 1 aliphatic rings. The van der Waals surface area contributed by atoms with Crippen LogP contribution in [0.2, 0.25) is 0 Å². The first kappa shape index (κ1) is 18.4. The second-order valence-corrected chi connectivity index (χ2v) is 7.79. The van der Waals surface area contributed by atoms with Crippen LogP contribution in [0.25, 0.3) is 0 Å². The van der Waals surface area contributed by atoms with Gasteiger partial charge in [-0.25, -0.2) is 8.42 Å². The third-order valence-corrected chi connectivity index (χ3v) is 5.73. The van der Waals surface area contributed by atoms with Crippen molar-refractivity contribution in [2.24, 2.45) is 5.92 Å². The minimum absolute atomic E-state index is 0.100. The Balaban J connectivity index is 1.99. The van der Waals surface area contributed by atoms with Gasteiger partial charge in [0.25, 0.3) is 0 Å². The molecule has 0 radical (unpaired) electrons. The number of sulfonamides is 1. The van der Waals surface area contributed by atoms with Crippen molar-refractivity contribution in [3.05, 3.63) is 29.8 Å². The molecule has 1 aromatic rings. The number of amides is 1. The summed E-state index contributed by atoms with van der Waals surface area (Å²) >= 11 is 0. The molecule has 1 aliphatic heterocycles. The lowest BCUT2D eigenvalue weighted by Crippen LogP contribution is -2.50. The van der Waals surface area contributed by atoms with Gasteiger partial charge >= 0.3 is 0 Å². The zero-order chi connectivity index (χ0) is 17.9. The van der Waals surface area contributed by atoms with E-state index in [9.17, 15) is 23.1 Å². The molecular weight excluding hydrogens is 332 g/mol. The van der Waals surface area contributed by atoms with Gasteiger partial charge in [0.05, 0.1) is 10.9 Å². The van der Waals surface area contributed by atoms with Crippen LogP contribution in [0, 0.1) is 12.8 Å². The molecule has 0 aliphatic carbocycles. The molecule has 8 heteroatoms. The summed E-state index contributed by atoms with van der Waals surface area (Å²) in [5.74, 6) is -2.01. The lowest BCUT2D eigenvalue weighted by atomic mass is 9.97. The summed E-state index contributed by atoms with van der Waals surface area (Å²) in [6.45, 7) is 3.91. The molecule has 0 spiro atoms. The van der Waals surface area contributed by atoms with E-state index >= 15 is 0 Å². The molecule has 7 nitrogen and oxygen atoms in total. The quantitative estimate of drug-likeness (QED) is 0.779. The number of aryl methyl sites for hydroxylation is 1. The molecule has 1 amide bonds. The smallest absolute Gasteiger partial charge is 0.241 e. The molecule has 0 saturated carbocycles. The van der Waals surface area contributed by atoms with Crippen LogP contribution >= 0.6 is 0 Å². The Morgan fingerprint density at radius 1 is 1.21 bits per heavy atom. The van der Waals surface area contributed by atoms with E-state index in [4.69, 9.17) is 0 Å². The molecule has 0 bridgehead atoms. The largest absolute Gasteiger partial charge is 0.550 e. The van der Waals surface area contributed by atoms with Gasteiger partial charge in [-0.2, -0.15) is 4.72 Å². The summed E-state index contributed by atoms with van der Waals surface area (Å²) in [7, 11) is -3.79. The van der Waals surface area contributed by atoms with Gasteiger partial charge in [-0.1, -0.05) is 17.7 Å². The zero-order valence-electron chi connectivity index (χ0n) is 13.7. The third-order valence-electron chi connectivity index (χ3n) is 4.17. The summed E-state index contributed by atoms with van der Waals surface area (Å²) in [4.78, 5) is 24.8. The highest BCUT2D eigenvalue weighted by atomic mass is 32.2. The molecule has 2 rings (SSSR count). The Bertz CT molecular complexity index is 706. The maximum absolute atomic E-state index is 12.4. The van der Waals surface area contributed by atoms with E-state index in [0.717, 1.165) is 5.56 Å². The highest BCUT2D eigenvalue weighted by Crippen LogP contribution is 2.18. The van der Waals surface area contributed by atoms with Gasteiger partial charge in [0.15, 0.2) is 0 Å². The Morgan fingerprint density at radius 2 is 1.75 bits per heavy atom. The predicted molar refractivity (Wildman–Crippen MR) is 85.3 cm³/mol. The van der Waals surface area contributed by atoms with Crippen molar-refractivity contribution < 1.29 is 23.1 Å². The molecular formula is C16H21N2O5S-. The molecule has 1 aromatic carbocycles. The van der Waals surface area contributed by atoms with Crippen LogP contribution in [0.15, 0.2) is 29.2 Å². The maximum Gasteiger partial charge on any atom is 0.241 e. The fourth-order valence-corrected chi connectivity index (χ4v) is 3.87. The molecule has 1 heterocycles. The van der Waals surface area contributed by atoms with E-state index in [0.29, 0.717) is 12.8 Å². The normalized spacial score (nSPS) is 17.5. The van der Waals surface area contributed by atoms with Gasteiger partial charge in [0, 0.05) is 25.0 Å². The van der Waals surface area contributed by atoms with Crippen LogP contribution in [0.3, 0.4) is 0 Å². The summed E-state index contributed by atoms with van der Waals surface area (Å²) in [6.07, 6.45) is 0.650. The van der Waals surface area contributed by atoms with E-state index in [1.807, 2.05) is 6.92 Å². The van der Waals surface area contributed by atoms with Crippen LogP contribution in [-0.2, 0) is 19.6 Å². The Morgan fingerprint density at radius 3 is 2.25 bits per heavy atom. The number of nitrogens with zero attached hydrogens (tertiary/aromatic N) is 1. The highest BCUT2D eigenvalue weighted by molar-refractivity contribution is 7.89. The SMILES string of the molecule is Cc1ccc(S(=O)(=O)N[C@@H](C)C(=O)N2CCC(C(=O)[O-])CC2)cc1. The minimum Gasteiger partial charge on any atom is -0.550 e. The number of carboxylic acid groups (broad SMARTS) is 1. The van der Waals surface area contributed by atoms with Crippen molar-refractivity contribution in [1.82, 2.24) is 9.62 Å². The van der Waals surface area contributed by atoms with Crippen molar-refractivity contribution in [1.29, 1.82) is 0 Å². The van der Waals surface area contributed by atoms with Crippen LogP contribution in [0.1, 0.15) is 25.3 Å². The monoisotopic (exact) mass is 353 g/mol. The number of hydrogen-bond acceptors (Lipinski definition) is 5. The topological polar surface area (TPSA) is 107 Å². The fraction of sp³-hybridized carbons (Fsp3) is 0.500. The van der Waals surface area contributed by atoms with Crippen molar-refractivity contribution in [3.63, 3.8) is 0 Å². The van der Waals surface area contributed by atoms with Crippen molar-refractivity contribution >= 4 is 21.9 Å². The second-order valence-electron chi connectivity index (χ2n) is 6.07. The minimum atomic E-state index is -3.79. The van der Waals surface area contributed by atoms with Gasteiger partial charge in [-0.3, -0.25) is 4.79 Å². The van der Waals surface area contributed by atoms with Crippen molar-refractivity contribution in [3.8, 4) is 0 Å². The Kier molecular flexibility index (Phi) is 5.61. The Labute approximate surface area is 141 Å². The third kappa shape index (κ3) is 4.33. The lowest BCUT2D eigenvalue weighted by molar-refractivity contribution is -0.312. The molecule has 0 unspecified atom stereocenters. The number of carbonyl (C=O) groups is 2. The number of piperidine rings is 1. The number of carbonyl (C=O) groups excluding carboxylic acids is 2. The van der Waals surface area contributed by atoms with Gasteiger partial charge in [0.1, 0.15) is 0 Å². The van der Waals surface area contributed by atoms with Crippen molar-refractivity contribution in [2.45, 2.75) is 37.6 Å². The lowest BCUT2D eigenvalue weighted by Gasteiger charge is -2.34. The number of nitrogens with one attached hydrogen (secondary N) is 1. The second kappa shape index (κ2) is 7.31. The first-order valence-electron chi connectivity index (χ1n) is 7.79. The molecule has 1 atom stereocenters. The van der Waals surface area contributed by atoms with Gasteiger partial charge in [0.2, 0.25) is 15.9 Å². The van der Waals surface area contributed by atoms with Crippen LogP contribution in [0.4, 0.5) is 0 Å². The molecule has 132 valence electrons. The number of hydrogen-bond donors (Lipinski definition) is 1. The average Bonchev–Trinajstić information content (AvgIpc) is 2.54. The van der Waals surface area contributed by atoms with Crippen molar-refractivity contribution in [2.75, 3.05) is 13.1 Å². The average molecular weight is 353 g/mol. The van der Waals surface area contributed by atoms with Gasteiger partial charge < -0.3 is 14.8 Å². The standard InChI is InChI=1S/C16H22N2O5S/c1-11-3-5-14(6-4-11)24(22,23)17-12(2)15(19)18-9-7-13(8-10-18)16(20)21/h3-6,12-13,17H,7-10H2,1-2H3,(H,20,21)/p-1/t12-/m0/s1. The number of aliphatic carboxylic acids is 1. The highest BCUT2D eigenvalue weighted by Gasteiger charge is 2.29. The number of carboxylic acids is 1. The number of rotatable bonds is 5. The van der Waals surface area contributed by atoms with E-state index in [1.165, 1.54) is 24.0 Å². The van der Waals surface area contributed by atoms with E-state index in [-0.39, 0.29) is 23.9 Å². The maximum atomic E-state index is 12.4. The molecule has 0 aromatic heterocycles. The molecule has 1 saturated heterocycles. The van der Waals surface area contributed by atoms with Gasteiger partial charge in [-0.15, -0.1) is 0 Å².